The normalized spacial score (nSPS) is 13.5. The Balaban J connectivity index is 2.02. The second-order valence-corrected chi connectivity index (χ2v) is 9.68. The van der Waals surface area contributed by atoms with Crippen LogP contribution in [0.4, 0.5) is 0 Å². The number of aromatic nitrogens is 1. The Kier molecular flexibility index (Phi) is 6.08. The highest BCUT2D eigenvalue weighted by atomic mass is 32.1. The zero-order valence-electron chi connectivity index (χ0n) is 17.7. The predicted molar refractivity (Wildman–Crippen MR) is 122 cm³/mol. The molecule has 3 rings (SSSR count). The van der Waals surface area contributed by atoms with E-state index in [1.807, 2.05) is 60.7 Å². The Morgan fingerprint density at radius 2 is 1.47 bits per heavy atom. The number of nitrogens with zero attached hydrogens (tertiary/aromatic N) is 1. The molecule has 1 aromatic heterocycles. The summed E-state index contributed by atoms with van der Waals surface area (Å²) < 4.78 is 0. The minimum atomic E-state index is -1.23. The number of primary amides is 1. The maximum Gasteiger partial charge on any atom is 0.243 e. The standard InChI is InChI=1S/C24H27N3O2S/c1-23(2,3)22(29)27-24(4,21(25)28)15-18-26-19(16-11-7-5-8-12-16)20(30-18)17-13-9-6-10-14-17/h5-14H,15H2,1-4H3,(H2,25,28)(H,27,29). The lowest BCUT2D eigenvalue weighted by Crippen LogP contribution is -2.58. The van der Waals surface area contributed by atoms with Crippen LogP contribution in [0.15, 0.2) is 60.7 Å². The Hall–Kier alpha value is -2.99. The van der Waals surface area contributed by atoms with Gasteiger partial charge in [-0.05, 0) is 12.5 Å². The van der Waals surface area contributed by atoms with Gasteiger partial charge >= 0.3 is 0 Å². The number of carbonyl (C=O) groups is 2. The number of amides is 2. The van der Waals surface area contributed by atoms with Gasteiger partial charge in [0.2, 0.25) is 11.8 Å². The van der Waals surface area contributed by atoms with Crippen LogP contribution in [0.5, 0.6) is 0 Å². The molecule has 0 bridgehead atoms. The zero-order valence-corrected chi connectivity index (χ0v) is 18.5. The van der Waals surface area contributed by atoms with Gasteiger partial charge in [0.15, 0.2) is 0 Å². The van der Waals surface area contributed by atoms with Crippen LogP contribution in [0.1, 0.15) is 32.7 Å². The van der Waals surface area contributed by atoms with E-state index in [0.29, 0.717) is 0 Å². The highest BCUT2D eigenvalue weighted by Gasteiger charge is 2.37. The molecule has 1 atom stereocenters. The van der Waals surface area contributed by atoms with Crippen molar-refractivity contribution in [3.8, 4) is 21.7 Å². The summed E-state index contributed by atoms with van der Waals surface area (Å²) in [4.78, 5) is 30.7. The highest BCUT2D eigenvalue weighted by molar-refractivity contribution is 7.15. The van der Waals surface area contributed by atoms with Gasteiger partial charge in [0, 0.05) is 17.4 Å². The average molecular weight is 422 g/mol. The number of rotatable bonds is 6. The van der Waals surface area contributed by atoms with Crippen molar-refractivity contribution in [2.24, 2.45) is 11.1 Å². The van der Waals surface area contributed by atoms with E-state index in [0.717, 1.165) is 26.7 Å². The van der Waals surface area contributed by atoms with Crippen LogP contribution in [0, 0.1) is 5.41 Å². The number of nitrogens with two attached hydrogens (primary N) is 1. The highest BCUT2D eigenvalue weighted by Crippen LogP contribution is 2.37. The van der Waals surface area contributed by atoms with Gasteiger partial charge in [0.25, 0.3) is 0 Å². The van der Waals surface area contributed by atoms with E-state index in [1.165, 1.54) is 11.3 Å². The molecule has 0 aliphatic heterocycles. The molecule has 3 aromatic rings. The lowest BCUT2D eigenvalue weighted by atomic mass is 9.91. The van der Waals surface area contributed by atoms with E-state index < -0.39 is 16.9 Å². The quantitative estimate of drug-likeness (QED) is 0.618. The van der Waals surface area contributed by atoms with E-state index in [2.05, 4.69) is 5.32 Å². The molecule has 2 aromatic carbocycles. The van der Waals surface area contributed by atoms with Gasteiger partial charge in [0.1, 0.15) is 5.54 Å². The number of nitrogens with one attached hydrogen (secondary N) is 1. The number of hydrogen-bond acceptors (Lipinski definition) is 4. The average Bonchev–Trinajstić information content (AvgIpc) is 3.12. The van der Waals surface area contributed by atoms with Gasteiger partial charge in [-0.25, -0.2) is 4.98 Å². The molecule has 30 heavy (non-hydrogen) atoms. The van der Waals surface area contributed by atoms with Crippen LogP contribution in [-0.4, -0.2) is 22.3 Å². The molecule has 6 heteroatoms. The first-order valence-electron chi connectivity index (χ1n) is 9.83. The smallest absolute Gasteiger partial charge is 0.243 e. The molecule has 0 saturated carbocycles. The molecule has 1 unspecified atom stereocenters. The fourth-order valence-corrected chi connectivity index (χ4v) is 4.20. The molecule has 0 spiro atoms. The fourth-order valence-electron chi connectivity index (χ4n) is 2.95. The van der Waals surface area contributed by atoms with E-state index in [4.69, 9.17) is 10.7 Å². The Morgan fingerprint density at radius 1 is 0.933 bits per heavy atom. The van der Waals surface area contributed by atoms with E-state index in [9.17, 15) is 9.59 Å². The van der Waals surface area contributed by atoms with Crippen LogP contribution < -0.4 is 11.1 Å². The van der Waals surface area contributed by atoms with Gasteiger partial charge in [-0.2, -0.15) is 0 Å². The second kappa shape index (κ2) is 8.40. The molecule has 0 fully saturated rings. The van der Waals surface area contributed by atoms with Crippen molar-refractivity contribution in [2.75, 3.05) is 0 Å². The summed E-state index contributed by atoms with van der Waals surface area (Å²) in [5.74, 6) is -0.815. The van der Waals surface area contributed by atoms with Crippen LogP contribution in [0.3, 0.4) is 0 Å². The van der Waals surface area contributed by atoms with E-state index in [-0.39, 0.29) is 12.3 Å². The minimum absolute atomic E-state index is 0.224. The van der Waals surface area contributed by atoms with Gasteiger partial charge in [-0.1, -0.05) is 81.4 Å². The number of benzene rings is 2. The van der Waals surface area contributed by atoms with Gasteiger partial charge < -0.3 is 11.1 Å². The monoisotopic (exact) mass is 421 g/mol. The van der Waals surface area contributed by atoms with Crippen molar-refractivity contribution in [3.05, 3.63) is 65.7 Å². The largest absolute Gasteiger partial charge is 0.368 e. The molecular formula is C24H27N3O2S. The fraction of sp³-hybridized carbons (Fsp3) is 0.292. The number of hydrogen-bond donors (Lipinski definition) is 2. The topological polar surface area (TPSA) is 85.1 Å². The third-order valence-corrected chi connectivity index (χ3v) is 5.98. The summed E-state index contributed by atoms with van der Waals surface area (Å²) in [6.07, 6.45) is 0.224. The van der Waals surface area contributed by atoms with Gasteiger partial charge in [0.05, 0.1) is 15.6 Å². The summed E-state index contributed by atoms with van der Waals surface area (Å²) >= 11 is 1.52. The molecule has 3 N–H and O–H groups in total. The molecule has 0 saturated heterocycles. The maximum absolute atomic E-state index is 12.6. The second-order valence-electron chi connectivity index (χ2n) is 8.59. The van der Waals surface area contributed by atoms with Gasteiger partial charge in [-0.3, -0.25) is 9.59 Å². The third kappa shape index (κ3) is 4.76. The lowest BCUT2D eigenvalue weighted by Gasteiger charge is -2.30. The summed E-state index contributed by atoms with van der Waals surface area (Å²) in [6.45, 7) is 7.06. The van der Waals surface area contributed by atoms with Crippen molar-refractivity contribution in [2.45, 2.75) is 39.7 Å². The third-order valence-electron chi connectivity index (χ3n) is 4.87. The summed E-state index contributed by atoms with van der Waals surface area (Å²) in [6, 6.07) is 20.0. The van der Waals surface area contributed by atoms with Crippen molar-refractivity contribution in [1.29, 1.82) is 0 Å². The number of carbonyl (C=O) groups excluding carboxylic acids is 2. The zero-order chi connectivity index (χ0) is 21.9. The van der Waals surface area contributed by atoms with Crippen LogP contribution in [0.25, 0.3) is 21.7 Å². The molecule has 0 aliphatic carbocycles. The Labute approximate surface area is 181 Å². The van der Waals surface area contributed by atoms with Crippen molar-refractivity contribution >= 4 is 23.2 Å². The van der Waals surface area contributed by atoms with Gasteiger partial charge in [-0.15, -0.1) is 11.3 Å². The first-order chi connectivity index (χ1) is 14.1. The Bertz CT molecular complexity index is 982. The molecule has 0 radical (unpaired) electrons. The molecule has 5 nitrogen and oxygen atoms in total. The van der Waals surface area contributed by atoms with Crippen molar-refractivity contribution in [1.82, 2.24) is 10.3 Å². The molecule has 0 aliphatic rings. The SMILES string of the molecule is CC(C)(C)C(=O)NC(C)(Cc1nc(-c2ccccc2)c(-c2ccccc2)s1)C(N)=O. The molecular weight excluding hydrogens is 394 g/mol. The van der Waals surface area contributed by atoms with Crippen LogP contribution in [0.2, 0.25) is 0 Å². The first kappa shape index (κ1) is 21.7. The maximum atomic E-state index is 12.6. The van der Waals surface area contributed by atoms with Crippen molar-refractivity contribution < 1.29 is 9.59 Å². The van der Waals surface area contributed by atoms with Crippen LogP contribution in [-0.2, 0) is 16.0 Å². The summed E-state index contributed by atoms with van der Waals surface area (Å²) in [7, 11) is 0. The minimum Gasteiger partial charge on any atom is -0.368 e. The van der Waals surface area contributed by atoms with E-state index >= 15 is 0 Å². The lowest BCUT2D eigenvalue weighted by molar-refractivity contribution is -0.135. The van der Waals surface area contributed by atoms with Crippen molar-refractivity contribution in [3.63, 3.8) is 0 Å². The Morgan fingerprint density at radius 3 is 1.97 bits per heavy atom. The molecule has 2 amide bonds. The number of thiazole rings is 1. The summed E-state index contributed by atoms with van der Waals surface area (Å²) in [5, 5.41) is 3.58. The molecule has 1 heterocycles. The molecule has 156 valence electrons. The van der Waals surface area contributed by atoms with E-state index in [1.54, 1.807) is 27.7 Å². The predicted octanol–water partition coefficient (Wildman–Crippen LogP) is 4.43. The first-order valence-corrected chi connectivity index (χ1v) is 10.6. The van der Waals surface area contributed by atoms with Crippen LogP contribution >= 0.6 is 11.3 Å². The summed E-state index contributed by atoms with van der Waals surface area (Å²) in [5.41, 5.74) is 6.74.